The maximum absolute atomic E-state index is 15.2. The summed E-state index contributed by atoms with van der Waals surface area (Å²) in [4.78, 5) is 37.7. The highest BCUT2D eigenvalue weighted by atomic mass is 32.2. The van der Waals surface area contributed by atoms with Crippen LogP contribution in [-0.2, 0) is 16.2 Å². The fourth-order valence-corrected chi connectivity index (χ4v) is 3.98. The van der Waals surface area contributed by atoms with E-state index in [0.29, 0.717) is 11.4 Å². The van der Waals surface area contributed by atoms with Crippen LogP contribution < -0.4 is 21.4 Å². The summed E-state index contributed by atoms with van der Waals surface area (Å²) in [5.41, 5.74) is -8.09. The number of alkyl halides is 4. The second kappa shape index (κ2) is 9.35. The summed E-state index contributed by atoms with van der Waals surface area (Å²) < 4.78 is 85.5. The van der Waals surface area contributed by atoms with Crippen molar-refractivity contribution in [3.05, 3.63) is 62.4 Å². The minimum atomic E-state index is -5.58. The number of halogens is 4. The van der Waals surface area contributed by atoms with Gasteiger partial charge in [-0.2, -0.15) is 22.2 Å². The van der Waals surface area contributed by atoms with E-state index in [0.717, 1.165) is 7.05 Å². The third-order valence-corrected chi connectivity index (χ3v) is 6.48. The van der Waals surface area contributed by atoms with Crippen molar-refractivity contribution >= 4 is 15.9 Å². The highest BCUT2D eigenvalue weighted by Gasteiger charge is 2.46. The van der Waals surface area contributed by atoms with E-state index in [4.69, 9.17) is 0 Å². The third-order valence-electron chi connectivity index (χ3n) is 4.55. The molecule has 1 aromatic heterocycles. The Morgan fingerprint density at radius 2 is 1.70 bits per heavy atom. The lowest BCUT2D eigenvalue weighted by Gasteiger charge is -2.26. The van der Waals surface area contributed by atoms with Crippen LogP contribution in [0, 0.1) is 0 Å². The number of benzene rings is 1. The molecule has 1 amide bonds. The molecule has 2 aromatic rings. The summed E-state index contributed by atoms with van der Waals surface area (Å²) in [6, 6.07) is 6.04. The van der Waals surface area contributed by atoms with Gasteiger partial charge in [0.15, 0.2) is 5.69 Å². The molecule has 1 heterocycles. The number of hydrogen-bond donors (Lipinski definition) is 1. The number of nitrogens with one attached hydrogen (secondary N) is 1. The molecule has 1 N–H and O–H groups in total. The number of rotatable bonds is 7. The molecule has 0 aliphatic carbocycles. The molecule has 0 aliphatic heterocycles. The molecule has 10 nitrogen and oxygen atoms in total. The van der Waals surface area contributed by atoms with Crippen molar-refractivity contribution < 1.29 is 35.5 Å². The standard InChI is InChI=1S/C18H20F4N4O6S/c1-10(2)24(3)33(30,31)16(19)25-13(18(20,21)22)12(32-4)15(28)26(17(25)29)23-14(27)11-8-6-5-7-9-11/h5-10,16H,1-4H3,(H,23,27). The molecule has 0 fully saturated rings. The fourth-order valence-electron chi connectivity index (χ4n) is 2.66. The minimum absolute atomic E-state index is 0.0989. The van der Waals surface area contributed by atoms with E-state index in [1.807, 2.05) is 0 Å². The van der Waals surface area contributed by atoms with Crippen molar-refractivity contribution in [1.82, 2.24) is 13.5 Å². The van der Waals surface area contributed by atoms with Crippen molar-refractivity contribution in [3.8, 4) is 5.75 Å². The second-order valence-electron chi connectivity index (χ2n) is 6.93. The van der Waals surface area contributed by atoms with Gasteiger partial charge in [0.25, 0.3) is 21.6 Å². The zero-order chi connectivity index (χ0) is 25.3. The third kappa shape index (κ3) is 4.93. The summed E-state index contributed by atoms with van der Waals surface area (Å²) in [6.45, 7) is 2.64. The first-order valence-corrected chi connectivity index (χ1v) is 10.7. The molecule has 182 valence electrons. The van der Waals surface area contributed by atoms with Gasteiger partial charge in [0, 0.05) is 18.7 Å². The monoisotopic (exact) mass is 496 g/mol. The van der Waals surface area contributed by atoms with Gasteiger partial charge in [0.2, 0.25) is 5.75 Å². The molecule has 0 aliphatic rings. The Morgan fingerprint density at radius 1 is 1.15 bits per heavy atom. The molecule has 0 saturated carbocycles. The number of sulfonamides is 1. The highest BCUT2D eigenvalue weighted by molar-refractivity contribution is 7.88. The van der Waals surface area contributed by atoms with Crippen LogP contribution in [0.1, 0.15) is 35.5 Å². The van der Waals surface area contributed by atoms with E-state index in [-0.39, 0.29) is 10.2 Å². The normalized spacial score (nSPS) is 13.3. The van der Waals surface area contributed by atoms with Crippen LogP contribution in [0.15, 0.2) is 39.9 Å². The summed E-state index contributed by atoms with van der Waals surface area (Å²) in [5, 5.41) is 0. The Kier molecular flexibility index (Phi) is 7.38. The van der Waals surface area contributed by atoms with Crippen LogP contribution in [0.3, 0.4) is 0 Å². The first-order valence-electron chi connectivity index (χ1n) is 9.16. The Hall–Kier alpha value is -3.20. The summed E-state index contributed by atoms with van der Waals surface area (Å²) in [6.07, 6.45) is -5.58. The van der Waals surface area contributed by atoms with Gasteiger partial charge in [0.1, 0.15) is 0 Å². The topological polar surface area (TPSA) is 120 Å². The van der Waals surface area contributed by atoms with E-state index >= 15 is 4.39 Å². The second-order valence-corrected chi connectivity index (χ2v) is 8.92. The molecule has 1 aromatic carbocycles. The highest BCUT2D eigenvalue weighted by Crippen LogP contribution is 2.36. The summed E-state index contributed by atoms with van der Waals surface area (Å²) >= 11 is 0. The van der Waals surface area contributed by atoms with Gasteiger partial charge in [-0.05, 0) is 26.0 Å². The molecule has 0 radical (unpaired) electrons. The zero-order valence-corrected chi connectivity index (χ0v) is 18.6. The Balaban J connectivity index is 2.87. The van der Waals surface area contributed by atoms with Gasteiger partial charge in [-0.1, -0.05) is 18.2 Å². The number of ether oxygens (including phenoxy) is 1. The van der Waals surface area contributed by atoms with Gasteiger partial charge in [-0.25, -0.2) is 22.2 Å². The quantitative estimate of drug-likeness (QED) is 0.581. The maximum atomic E-state index is 15.2. The Morgan fingerprint density at radius 3 is 2.15 bits per heavy atom. The van der Waals surface area contributed by atoms with Crippen LogP contribution in [0.25, 0.3) is 0 Å². The molecular formula is C18H20F4N4O6S. The van der Waals surface area contributed by atoms with E-state index in [9.17, 15) is 36.0 Å². The molecule has 15 heteroatoms. The van der Waals surface area contributed by atoms with E-state index < -0.39 is 61.0 Å². The molecule has 1 atom stereocenters. The minimum Gasteiger partial charge on any atom is -0.490 e. The van der Waals surface area contributed by atoms with Crippen molar-refractivity contribution in [2.24, 2.45) is 0 Å². The van der Waals surface area contributed by atoms with Crippen LogP contribution >= 0.6 is 0 Å². The summed E-state index contributed by atoms with van der Waals surface area (Å²) in [7, 11) is -3.66. The van der Waals surface area contributed by atoms with Crippen molar-refractivity contribution in [1.29, 1.82) is 0 Å². The number of methoxy groups -OCH3 is 1. The average molecular weight is 496 g/mol. The van der Waals surface area contributed by atoms with Gasteiger partial charge < -0.3 is 4.74 Å². The number of aromatic nitrogens is 2. The maximum Gasteiger partial charge on any atom is 0.435 e. The molecule has 33 heavy (non-hydrogen) atoms. The lowest BCUT2D eigenvalue weighted by atomic mass is 10.2. The number of hydrogen-bond acceptors (Lipinski definition) is 6. The van der Waals surface area contributed by atoms with E-state index in [2.05, 4.69) is 4.74 Å². The SMILES string of the molecule is COc1c(C(F)(F)F)n(C(F)S(=O)(=O)N(C)C(C)C)c(=O)n(NC(=O)c2ccccc2)c1=O. The molecule has 0 spiro atoms. The van der Waals surface area contributed by atoms with Crippen LogP contribution in [0.2, 0.25) is 0 Å². The molecule has 0 saturated heterocycles. The first-order chi connectivity index (χ1) is 15.2. The molecular weight excluding hydrogens is 476 g/mol. The number of nitrogens with zero attached hydrogens (tertiary/aromatic N) is 3. The van der Waals surface area contributed by atoms with Gasteiger partial charge >= 0.3 is 17.4 Å². The van der Waals surface area contributed by atoms with Gasteiger partial charge in [-0.3, -0.25) is 15.0 Å². The first kappa shape index (κ1) is 26.1. The van der Waals surface area contributed by atoms with Crippen molar-refractivity contribution in [3.63, 3.8) is 0 Å². The number of carbonyl (C=O) groups is 1. The predicted molar refractivity (Wildman–Crippen MR) is 109 cm³/mol. The number of carbonyl (C=O) groups excluding carboxylic acids is 1. The fraction of sp³-hybridized carbons (Fsp3) is 0.389. The van der Waals surface area contributed by atoms with Crippen LogP contribution in [-0.4, -0.2) is 48.1 Å². The van der Waals surface area contributed by atoms with Crippen LogP contribution in [0.5, 0.6) is 5.75 Å². The van der Waals surface area contributed by atoms with Crippen molar-refractivity contribution in [2.75, 3.05) is 19.6 Å². The molecule has 1 unspecified atom stereocenters. The van der Waals surface area contributed by atoms with Crippen LogP contribution in [0.4, 0.5) is 17.6 Å². The number of amides is 1. The van der Waals surface area contributed by atoms with E-state index in [1.165, 1.54) is 38.1 Å². The predicted octanol–water partition coefficient (Wildman–Crippen LogP) is 1.52. The average Bonchev–Trinajstić information content (AvgIpc) is 2.74. The molecule has 2 rings (SSSR count). The smallest absolute Gasteiger partial charge is 0.435 e. The molecule has 0 bridgehead atoms. The Labute approximate surface area is 185 Å². The zero-order valence-electron chi connectivity index (χ0n) is 17.8. The largest absolute Gasteiger partial charge is 0.490 e. The lowest BCUT2D eigenvalue weighted by molar-refractivity contribution is -0.147. The van der Waals surface area contributed by atoms with Crippen molar-refractivity contribution in [2.45, 2.75) is 31.7 Å². The van der Waals surface area contributed by atoms with E-state index in [1.54, 1.807) is 11.5 Å². The lowest BCUT2D eigenvalue weighted by Crippen LogP contribution is -2.51. The van der Waals surface area contributed by atoms with Gasteiger partial charge in [0.05, 0.1) is 7.11 Å². The Bertz CT molecular complexity index is 1260. The van der Waals surface area contributed by atoms with Gasteiger partial charge in [-0.15, -0.1) is 0 Å². The summed E-state index contributed by atoms with van der Waals surface area (Å²) in [5.74, 6) is -2.71.